The number of carbonyl (C=O) groups excluding carboxylic acids is 1. The summed E-state index contributed by atoms with van der Waals surface area (Å²) in [6.45, 7) is 3.71. The topological polar surface area (TPSA) is 71.8 Å². The molecule has 0 saturated carbocycles. The molecule has 7 nitrogen and oxygen atoms in total. The van der Waals surface area contributed by atoms with Crippen LogP contribution in [0.4, 0.5) is 0 Å². The maximum Gasteiger partial charge on any atom is 0.246 e. The summed E-state index contributed by atoms with van der Waals surface area (Å²) in [5.74, 6) is -0.00494. The largest absolute Gasteiger partial charge is 0.363 e. The van der Waals surface area contributed by atoms with Crippen molar-refractivity contribution in [3.63, 3.8) is 0 Å². The maximum atomic E-state index is 11.2. The third-order valence-electron chi connectivity index (χ3n) is 4.64. The Bertz CT molecular complexity index is 678. The fourth-order valence-electron chi connectivity index (χ4n) is 3.23. The molecule has 0 bridgehead atoms. The van der Waals surface area contributed by atoms with Crippen molar-refractivity contribution in [3.05, 3.63) is 30.2 Å². The van der Waals surface area contributed by atoms with Crippen LogP contribution in [0.15, 0.2) is 24.7 Å². The Morgan fingerprint density at radius 3 is 3.00 bits per heavy atom. The number of nitrogens with zero attached hydrogens (tertiary/aromatic N) is 4. The van der Waals surface area contributed by atoms with Crippen LogP contribution in [0.2, 0.25) is 0 Å². The van der Waals surface area contributed by atoms with Crippen LogP contribution >= 0.6 is 0 Å². The molecule has 22 heavy (non-hydrogen) atoms. The number of aromatic nitrogens is 3. The highest BCUT2D eigenvalue weighted by molar-refractivity contribution is 5.78. The number of nitrogens with one attached hydrogen (secondary N) is 1. The molecule has 1 N–H and O–H groups in total. The first-order chi connectivity index (χ1) is 10.7. The van der Waals surface area contributed by atoms with Crippen molar-refractivity contribution in [3.8, 4) is 0 Å². The summed E-state index contributed by atoms with van der Waals surface area (Å²) >= 11 is 0. The van der Waals surface area contributed by atoms with Gasteiger partial charge in [0.1, 0.15) is 12.9 Å². The molecule has 2 aromatic rings. The van der Waals surface area contributed by atoms with Gasteiger partial charge < -0.3 is 10.1 Å². The molecule has 1 amide bonds. The lowest BCUT2D eigenvalue weighted by Crippen LogP contribution is -2.57. The van der Waals surface area contributed by atoms with E-state index in [4.69, 9.17) is 4.74 Å². The monoisotopic (exact) mass is 301 g/mol. The van der Waals surface area contributed by atoms with Crippen molar-refractivity contribution in [2.45, 2.75) is 25.0 Å². The summed E-state index contributed by atoms with van der Waals surface area (Å²) in [5, 5.41) is 7.03. The summed E-state index contributed by atoms with van der Waals surface area (Å²) in [4.78, 5) is 17.9. The van der Waals surface area contributed by atoms with Gasteiger partial charge in [-0.2, -0.15) is 5.10 Å². The van der Waals surface area contributed by atoms with Crippen molar-refractivity contribution < 1.29 is 9.53 Å². The Balaban J connectivity index is 1.38. The molecule has 4 rings (SSSR count). The van der Waals surface area contributed by atoms with Gasteiger partial charge in [-0.25, -0.2) is 9.50 Å². The highest BCUT2D eigenvalue weighted by atomic mass is 16.5. The number of fused-ring (bicyclic) bond motifs is 1. The van der Waals surface area contributed by atoms with Gasteiger partial charge in [0.05, 0.1) is 5.60 Å². The number of carbonyl (C=O) groups is 1. The smallest absolute Gasteiger partial charge is 0.246 e. The van der Waals surface area contributed by atoms with E-state index in [1.165, 1.54) is 5.56 Å². The van der Waals surface area contributed by atoms with E-state index in [1.54, 1.807) is 10.8 Å². The molecular formula is C15H19N5O2. The standard InChI is InChI=1S/C15H19N5O2/c21-14-9-22-15(10-16-14)2-5-19(6-3-15)8-12-1-4-20-13(7-12)17-11-18-20/h1,4,7,11H,2-3,5-6,8-10H2,(H,16,21). The fraction of sp³-hybridized carbons (Fsp3) is 0.533. The quantitative estimate of drug-likeness (QED) is 0.858. The van der Waals surface area contributed by atoms with E-state index in [-0.39, 0.29) is 18.1 Å². The summed E-state index contributed by atoms with van der Waals surface area (Å²) in [5.41, 5.74) is 1.97. The summed E-state index contributed by atoms with van der Waals surface area (Å²) in [6, 6.07) is 4.16. The zero-order valence-electron chi connectivity index (χ0n) is 12.4. The molecule has 116 valence electrons. The number of piperidine rings is 1. The van der Waals surface area contributed by atoms with Gasteiger partial charge in [0.15, 0.2) is 5.65 Å². The van der Waals surface area contributed by atoms with Gasteiger partial charge in [0, 0.05) is 32.4 Å². The van der Waals surface area contributed by atoms with Gasteiger partial charge in [-0.3, -0.25) is 9.69 Å². The lowest BCUT2D eigenvalue weighted by Gasteiger charge is -2.43. The zero-order chi connectivity index (χ0) is 15.0. The van der Waals surface area contributed by atoms with Crippen molar-refractivity contribution >= 4 is 11.6 Å². The molecule has 7 heteroatoms. The average molecular weight is 301 g/mol. The molecule has 0 radical (unpaired) electrons. The minimum absolute atomic E-state index is 0.00494. The highest BCUT2D eigenvalue weighted by Crippen LogP contribution is 2.28. The maximum absolute atomic E-state index is 11.2. The van der Waals surface area contributed by atoms with E-state index >= 15 is 0 Å². The molecular weight excluding hydrogens is 282 g/mol. The molecule has 0 aliphatic carbocycles. The first-order valence-electron chi connectivity index (χ1n) is 7.64. The normalized spacial score (nSPS) is 22.1. The molecule has 2 aliphatic heterocycles. The second-order valence-corrected chi connectivity index (χ2v) is 6.12. The Kier molecular flexibility index (Phi) is 3.31. The lowest BCUT2D eigenvalue weighted by atomic mass is 9.90. The van der Waals surface area contributed by atoms with Gasteiger partial charge in [0.2, 0.25) is 5.91 Å². The Hall–Kier alpha value is -1.99. The molecule has 1 spiro atoms. The Morgan fingerprint density at radius 2 is 2.23 bits per heavy atom. The number of hydrogen-bond donors (Lipinski definition) is 1. The van der Waals surface area contributed by atoms with Crippen LogP contribution in [0.3, 0.4) is 0 Å². The van der Waals surface area contributed by atoms with Gasteiger partial charge in [-0.15, -0.1) is 0 Å². The minimum Gasteiger partial charge on any atom is -0.363 e. The van der Waals surface area contributed by atoms with Crippen molar-refractivity contribution in [1.29, 1.82) is 0 Å². The number of amides is 1. The molecule has 2 aliphatic rings. The number of rotatable bonds is 2. The minimum atomic E-state index is -0.151. The first-order valence-corrected chi connectivity index (χ1v) is 7.64. The van der Waals surface area contributed by atoms with Gasteiger partial charge in [-0.1, -0.05) is 0 Å². The van der Waals surface area contributed by atoms with Crippen LogP contribution in [0, 0.1) is 0 Å². The van der Waals surface area contributed by atoms with Crippen LogP contribution < -0.4 is 5.32 Å². The van der Waals surface area contributed by atoms with Crippen molar-refractivity contribution in [2.24, 2.45) is 0 Å². The fourth-order valence-corrected chi connectivity index (χ4v) is 3.23. The van der Waals surface area contributed by atoms with Crippen LogP contribution in [-0.4, -0.2) is 57.2 Å². The van der Waals surface area contributed by atoms with E-state index < -0.39 is 0 Å². The number of likely N-dealkylation sites (tertiary alicyclic amines) is 1. The second-order valence-electron chi connectivity index (χ2n) is 6.12. The molecule has 2 saturated heterocycles. The summed E-state index contributed by atoms with van der Waals surface area (Å²) in [7, 11) is 0. The van der Waals surface area contributed by atoms with Gasteiger partial charge in [-0.05, 0) is 30.5 Å². The number of morpholine rings is 1. The summed E-state index contributed by atoms with van der Waals surface area (Å²) in [6.07, 6.45) is 5.43. The molecule has 2 aromatic heterocycles. The Labute approximate surface area is 128 Å². The van der Waals surface area contributed by atoms with Gasteiger partial charge in [0.25, 0.3) is 0 Å². The predicted molar refractivity (Wildman–Crippen MR) is 79.2 cm³/mol. The third kappa shape index (κ3) is 2.57. The second kappa shape index (κ2) is 5.33. The van der Waals surface area contributed by atoms with Crippen molar-refractivity contribution in [2.75, 3.05) is 26.2 Å². The van der Waals surface area contributed by atoms with E-state index in [9.17, 15) is 4.79 Å². The Morgan fingerprint density at radius 1 is 1.36 bits per heavy atom. The summed E-state index contributed by atoms with van der Waals surface area (Å²) < 4.78 is 7.58. The zero-order valence-corrected chi connectivity index (χ0v) is 12.4. The van der Waals surface area contributed by atoms with E-state index in [1.807, 2.05) is 6.20 Å². The van der Waals surface area contributed by atoms with Crippen LogP contribution in [-0.2, 0) is 16.1 Å². The van der Waals surface area contributed by atoms with Gasteiger partial charge >= 0.3 is 0 Å². The molecule has 0 aromatic carbocycles. The first kappa shape index (κ1) is 13.7. The van der Waals surface area contributed by atoms with Crippen LogP contribution in [0.1, 0.15) is 18.4 Å². The van der Waals surface area contributed by atoms with E-state index in [2.05, 4.69) is 32.4 Å². The van der Waals surface area contributed by atoms with E-state index in [0.717, 1.165) is 38.1 Å². The van der Waals surface area contributed by atoms with Crippen LogP contribution in [0.5, 0.6) is 0 Å². The number of ether oxygens (including phenoxy) is 1. The number of pyridine rings is 1. The lowest BCUT2D eigenvalue weighted by molar-refractivity contribution is -0.150. The predicted octanol–water partition coefficient (Wildman–Crippen LogP) is 0.210. The third-order valence-corrected chi connectivity index (χ3v) is 4.64. The molecule has 4 heterocycles. The van der Waals surface area contributed by atoms with E-state index in [0.29, 0.717) is 6.54 Å². The molecule has 0 unspecified atom stereocenters. The SMILES string of the molecule is O=C1COC2(CCN(Cc3ccn4ncnc4c3)CC2)CN1. The average Bonchev–Trinajstić information content (AvgIpc) is 3.00. The van der Waals surface area contributed by atoms with Crippen LogP contribution in [0.25, 0.3) is 5.65 Å². The molecule has 0 atom stereocenters. The highest BCUT2D eigenvalue weighted by Gasteiger charge is 2.38. The number of hydrogen-bond acceptors (Lipinski definition) is 5. The van der Waals surface area contributed by atoms with Crippen molar-refractivity contribution in [1.82, 2.24) is 24.8 Å². The molecule has 2 fully saturated rings.